The summed E-state index contributed by atoms with van der Waals surface area (Å²) in [6, 6.07) is 0. The lowest BCUT2D eigenvalue weighted by molar-refractivity contribution is -0.136. The molecule has 0 bridgehead atoms. The molecule has 0 aromatic carbocycles. The highest BCUT2D eigenvalue weighted by Gasteiger charge is 1.92. The summed E-state index contributed by atoms with van der Waals surface area (Å²) in [4.78, 5) is 18.9. The van der Waals surface area contributed by atoms with Crippen LogP contribution in [-0.4, -0.2) is 17.6 Å². The second-order valence-electron chi connectivity index (χ2n) is 1.14. The lowest BCUT2D eigenvalue weighted by Gasteiger charge is -1.88. The van der Waals surface area contributed by atoms with Crippen LogP contribution in [0, 0.1) is 4.91 Å². The van der Waals surface area contributed by atoms with Gasteiger partial charge in [-0.15, -0.1) is 4.91 Å². The molecule has 2 N–H and O–H groups in total. The van der Waals surface area contributed by atoms with Gasteiger partial charge in [0.25, 0.3) is 0 Å². The Morgan fingerprint density at radius 2 is 2.38 bits per heavy atom. The standard InChI is InChI=1S/C3H6N2O3/c6-3(7)1-2-4-5-8/h1-2H2,(H,4,8)(H,6,7). The number of hydrogen-bond donors (Lipinski definition) is 2. The molecule has 0 amide bonds. The van der Waals surface area contributed by atoms with E-state index in [1.807, 2.05) is 5.43 Å². The van der Waals surface area contributed by atoms with Gasteiger partial charge in [-0.3, -0.25) is 10.2 Å². The van der Waals surface area contributed by atoms with Crippen LogP contribution in [-0.2, 0) is 4.79 Å². The first-order valence-corrected chi connectivity index (χ1v) is 2.04. The highest BCUT2D eigenvalue weighted by Crippen LogP contribution is 1.72. The van der Waals surface area contributed by atoms with Gasteiger partial charge in [0.2, 0.25) is 0 Å². The molecule has 8 heavy (non-hydrogen) atoms. The molecule has 0 aromatic rings. The summed E-state index contributed by atoms with van der Waals surface area (Å²) in [7, 11) is 0. The van der Waals surface area contributed by atoms with Crippen molar-refractivity contribution in [3.8, 4) is 0 Å². The quantitative estimate of drug-likeness (QED) is 0.302. The molecule has 0 fully saturated rings. The van der Waals surface area contributed by atoms with Gasteiger partial charge in [0.05, 0.1) is 6.42 Å². The molecule has 5 heteroatoms. The highest BCUT2D eigenvalue weighted by atomic mass is 16.4. The summed E-state index contributed by atoms with van der Waals surface area (Å²) in [6.07, 6.45) is -0.0776. The fraction of sp³-hybridized carbons (Fsp3) is 0.667. The summed E-state index contributed by atoms with van der Waals surface area (Å²) in [5.41, 5.74) is 1.97. The van der Waals surface area contributed by atoms with Gasteiger partial charge >= 0.3 is 5.97 Å². The molecule has 0 spiro atoms. The van der Waals surface area contributed by atoms with Crippen LogP contribution in [0.5, 0.6) is 0 Å². The minimum absolute atomic E-state index is 0.0776. The van der Waals surface area contributed by atoms with Crippen molar-refractivity contribution in [3.63, 3.8) is 0 Å². The van der Waals surface area contributed by atoms with E-state index < -0.39 is 5.97 Å². The Bertz CT molecular complexity index is 92.5. The molecule has 0 aliphatic rings. The molecule has 46 valence electrons. The van der Waals surface area contributed by atoms with Gasteiger partial charge in [-0.2, -0.15) is 0 Å². The van der Waals surface area contributed by atoms with Crippen LogP contribution in [0.15, 0.2) is 5.29 Å². The maximum Gasteiger partial charge on any atom is 0.305 e. The second kappa shape index (κ2) is 4.04. The monoisotopic (exact) mass is 118 g/mol. The van der Waals surface area contributed by atoms with Crippen LogP contribution in [0.2, 0.25) is 0 Å². The number of nitroso groups, excluding NO2 is 1. The predicted octanol–water partition coefficient (Wildman–Crippen LogP) is -0.268. The van der Waals surface area contributed by atoms with Crippen LogP contribution in [0.3, 0.4) is 0 Å². The molecule has 0 radical (unpaired) electrons. The van der Waals surface area contributed by atoms with Gasteiger partial charge in [-0.05, 0) is 0 Å². The molecule has 0 saturated carbocycles. The van der Waals surface area contributed by atoms with Crippen molar-refractivity contribution in [2.75, 3.05) is 6.54 Å². The molecule has 0 aliphatic heterocycles. The molecule has 5 nitrogen and oxygen atoms in total. The fourth-order valence-corrected chi connectivity index (χ4v) is 0.208. The third-order valence-corrected chi connectivity index (χ3v) is 0.515. The Morgan fingerprint density at radius 3 is 2.75 bits per heavy atom. The molecule has 0 rings (SSSR count). The van der Waals surface area contributed by atoms with Gasteiger partial charge in [0.1, 0.15) is 0 Å². The van der Waals surface area contributed by atoms with E-state index in [9.17, 15) is 9.70 Å². The second-order valence-corrected chi connectivity index (χ2v) is 1.14. The van der Waals surface area contributed by atoms with Crippen LogP contribution in [0.1, 0.15) is 6.42 Å². The SMILES string of the molecule is O=NNCCC(=O)O. The van der Waals surface area contributed by atoms with E-state index in [-0.39, 0.29) is 13.0 Å². The van der Waals surface area contributed by atoms with E-state index in [0.29, 0.717) is 0 Å². The zero-order valence-corrected chi connectivity index (χ0v) is 4.13. The summed E-state index contributed by atoms with van der Waals surface area (Å²) < 4.78 is 0. The van der Waals surface area contributed by atoms with Crippen LogP contribution >= 0.6 is 0 Å². The summed E-state index contributed by atoms with van der Waals surface area (Å²) in [5, 5.41) is 10.2. The van der Waals surface area contributed by atoms with Gasteiger partial charge in [-0.1, -0.05) is 0 Å². The van der Waals surface area contributed by atoms with Crippen molar-refractivity contribution in [1.29, 1.82) is 0 Å². The minimum Gasteiger partial charge on any atom is -0.481 e. The highest BCUT2D eigenvalue weighted by molar-refractivity contribution is 5.66. The van der Waals surface area contributed by atoms with Gasteiger partial charge in [0.15, 0.2) is 0 Å². The smallest absolute Gasteiger partial charge is 0.305 e. The van der Waals surface area contributed by atoms with Crippen molar-refractivity contribution >= 4 is 5.97 Å². The number of nitrogens with one attached hydrogen (secondary N) is 1. The lowest BCUT2D eigenvalue weighted by atomic mass is 10.4. The lowest BCUT2D eigenvalue weighted by Crippen LogP contribution is -2.10. The summed E-state index contributed by atoms with van der Waals surface area (Å²) >= 11 is 0. The Morgan fingerprint density at radius 1 is 1.75 bits per heavy atom. The molecular formula is C3H6N2O3. The Hall–Kier alpha value is -1.13. The maximum atomic E-state index is 9.69. The Kier molecular flexibility index (Phi) is 3.47. The van der Waals surface area contributed by atoms with Crippen LogP contribution in [0.4, 0.5) is 0 Å². The van der Waals surface area contributed by atoms with E-state index in [1.54, 1.807) is 0 Å². The van der Waals surface area contributed by atoms with Crippen molar-refractivity contribution < 1.29 is 9.90 Å². The van der Waals surface area contributed by atoms with E-state index in [1.165, 1.54) is 0 Å². The number of rotatable bonds is 4. The third kappa shape index (κ3) is 4.87. The largest absolute Gasteiger partial charge is 0.481 e. The first kappa shape index (κ1) is 6.87. The molecule has 0 atom stereocenters. The van der Waals surface area contributed by atoms with E-state index >= 15 is 0 Å². The number of hydrogen-bond acceptors (Lipinski definition) is 3. The maximum absolute atomic E-state index is 9.69. The zero-order valence-electron chi connectivity index (χ0n) is 4.13. The fourth-order valence-electron chi connectivity index (χ4n) is 0.208. The molecule has 0 aliphatic carbocycles. The van der Waals surface area contributed by atoms with Crippen molar-refractivity contribution in [2.24, 2.45) is 5.29 Å². The Balaban J connectivity index is 2.93. The van der Waals surface area contributed by atoms with Crippen LogP contribution < -0.4 is 5.43 Å². The topological polar surface area (TPSA) is 78.8 Å². The first-order chi connectivity index (χ1) is 3.77. The summed E-state index contributed by atoms with van der Waals surface area (Å²) in [5.74, 6) is -0.943. The number of carbonyl (C=O) groups is 1. The van der Waals surface area contributed by atoms with Crippen LogP contribution in [0.25, 0.3) is 0 Å². The molecular weight excluding hydrogens is 112 g/mol. The van der Waals surface area contributed by atoms with E-state index in [4.69, 9.17) is 5.11 Å². The van der Waals surface area contributed by atoms with Gasteiger partial charge < -0.3 is 5.11 Å². The number of aliphatic carboxylic acids is 1. The van der Waals surface area contributed by atoms with Gasteiger partial charge in [-0.25, -0.2) is 0 Å². The van der Waals surface area contributed by atoms with E-state index in [2.05, 4.69) is 5.29 Å². The first-order valence-electron chi connectivity index (χ1n) is 2.04. The van der Waals surface area contributed by atoms with E-state index in [0.717, 1.165) is 0 Å². The number of carboxylic acids is 1. The number of carboxylic acid groups (broad SMARTS) is 1. The average Bonchev–Trinajstić information content (AvgIpc) is 1.66. The zero-order chi connectivity index (χ0) is 6.41. The Labute approximate surface area is 45.6 Å². The minimum atomic E-state index is -0.943. The predicted molar refractivity (Wildman–Crippen MR) is 26.1 cm³/mol. The van der Waals surface area contributed by atoms with Gasteiger partial charge in [0, 0.05) is 11.8 Å². The number of nitrogens with zero attached hydrogens (tertiary/aromatic N) is 1. The van der Waals surface area contributed by atoms with Crippen molar-refractivity contribution in [3.05, 3.63) is 4.91 Å². The third-order valence-electron chi connectivity index (χ3n) is 0.515. The summed E-state index contributed by atoms with van der Waals surface area (Å²) in [6.45, 7) is 0.0961. The van der Waals surface area contributed by atoms with Crippen molar-refractivity contribution in [1.82, 2.24) is 5.43 Å². The average molecular weight is 118 g/mol. The normalized spacial score (nSPS) is 8.00. The van der Waals surface area contributed by atoms with Crippen molar-refractivity contribution in [2.45, 2.75) is 6.42 Å². The molecule has 0 aromatic heterocycles. The molecule has 0 unspecified atom stereocenters. The molecule has 0 heterocycles. The molecule has 0 saturated heterocycles.